The van der Waals surface area contributed by atoms with E-state index in [0.717, 1.165) is 41.9 Å². The number of rotatable bonds is 3. The molecule has 106 valence electrons. The van der Waals surface area contributed by atoms with Crippen LogP contribution in [0.25, 0.3) is 5.69 Å². The van der Waals surface area contributed by atoms with Crippen LogP contribution in [0, 0.1) is 6.92 Å². The standard InChI is InChI=1S/C14H18BrN5/c1-10-6-12(2-3-14(10)15)20-13(7-17-18-20)9-19-5-4-11(16)8-19/h2-3,6-7,11H,4-5,8-9,16H2,1H3. The van der Waals surface area contributed by atoms with Gasteiger partial charge in [-0.2, -0.15) is 0 Å². The second-order valence-corrected chi connectivity index (χ2v) is 6.21. The van der Waals surface area contributed by atoms with Crippen LogP contribution in [0.2, 0.25) is 0 Å². The van der Waals surface area contributed by atoms with Crippen LogP contribution in [0.5, 0.6) is 0 Å². The topological polar surface area (TPSA) is 60.0 Å². The minimum absolute atomic E-state index is 0.300. The van der Waals surface area contributed by atoms with Crippen molar-refractivity contribution < 1.29 is 0 Å². The van der Waals surface area contributed by atoms with Crippen LogP contribution >= 0.6 is 15.9 Å². The second kappa shape index (κ2) is 5.63. The molecule has 1 atom stereocenters. The summed E-state index contributed by atoms with van der Waals surface area (Å²) in [6, 6.07) is 6.50. The molecule has 1 aromatic heterocycles. The predicted molar refractivity (Wildman–Crippen MR) is 81.7 cm³/mol. The Morgan fingerprint density at radius 1 is 1.45 bits per heavy atom. The highest BCUT2D eigenvalue weighted by Gasteiger charge is 2.20. The lowest BCUT2D eigenvalue weighted by Gasteiger charge is -2.15. The Balaban J connectivity index is 1.84. The van der Waals surface area contributed by atoms with Crippen LogP contribution in [-0.4, -0.2) is 39.0 Å². The van der Waals surface area contributed by atoms with Crippen LogP contribution in [0.1, 0.15) is 17.7 Å². The van der Waals surface area contributed by atoms with Gasteiger partial charge in [0.1, 0.15) is 0 Å². The number of aromatic nitrogens is 3. The number of halogens is 1. The highest BCUT2D eigenvalue weighted by Crippen LogP contribution is 2.20. The van der Waals surface area contributed by atoms with Gasteiger partial charge in [-0.3, -0.25) is 4.90 Å². The molecular formula is C14H18BrN5. The molecule has 0 amide bonds. The molecule has 2 N–H and O–H groups in total. The quantitative estimate of drug-likeness (QED) is 0.930. The third-order valence-corrected chi connectivity index (χ3v) is 4.59. The summed E-state index contributed by atoms with van der Waals surface area (Å²) in [5.41, 5.74) is 9.28. The average molecular weight is 336 g/mol. The summed E-state index contributed by atoms with van der Waals surface area (Å²) < 4.78 is 3.01. The van der Waals surface area contributed by atoms with E-state index >= 15 is 0 Å². The summed E-state index contributed by atoms with van der Waals surface area (Å²) in [5.74, 6) is 0. The Morgan fingerprint density at radius 2 is 2.30 bits per heavy atom. The van der Waals surface area contributed by atoms with Gasteiger partial charge in [0.25, 0.3) is 0 Å². The van der Waals surface area contributed by atoms with E-state index in [0.29, 0.717) is 6.04 Å². The van der Waals surface area contributed by atoms with Gasteiger partial charge in [-0.1, -0.05) is 21.1 Å². The van der Waals surface area contributed by atoms with E-state index in [4.69, 9.17) is 5.73 Å². The summed E-state index contributed by atoms with van der Waals surface area (Å²) in [7, 11) is 0. The summed E-state index contributed by atoms with van der Waals surface area (Å²) in [6.45, 7) is 4.91. The van der Waals surface area contributed by atoms with Crippen molar-refractivity contribution in [1.29, 1.82) is 0 Å². The van der Waals surface area contributed by atoms with Crippen molar-refractivity contribution in [2.75, 3.05) is 13.1 Å². The van der Waals surface area contributed by atoms with E-state index in [1.165, 1.54) is 5.56 Å². The number of benzene rings is 1. The zero-order valence-corrected chi connectivity index (χ0v) is 13.0. The van der Waals surface area contributed by atoms with E-state index in [9.17, 15) is 0 Å². The van der Waals surface area contributed by atoms with Gasteiger partial charge in [-0.05, 0) is 37.1 Å². The van der Waals surface area contributed by atoms with Gasteiger partial charge in [0.15, 0.2) is 0 Å². The van der Waals surface area contributed by atoms with E-state index < -0.39 is 0 Å². The molecular weight excluding hydrogens is 318 g/mol. The molecule has 1 aromatic carbocycles. The third kappa shape index (κ3) is 2.77. The number of aryl methyl sites for hydroxylation is 1. The lowest BCUT2D eigenvalue weighted by Crippen LogP contribution is -2.27. The molecule has 5 nitrogen and oxygen atoms in total. The maximum atomic E-state index is 5.95. The number of nitrogens with two attached hydrogens (primary N) is 1. The lowest BCUT2D eigenvalue weighted by atomic mass is 10.2. The van der Waals surface area contributed by atoms with Gasteiger partial charge in [-0.15, -0.1) is 5.10 Å². The highest BCUT2D eigenvalue weighted by molar-refractivity contribution is 9.10. The zero-order valence-electron chi connectivity index (χ0n) is 11.5. The predicted octanol–water partition coefficient (Wildman–Crippen LogP) is 1.87. The molecule has 6 heteroatoms. The molecule has 0 radical (unpaired) electrons. The fraction of sp³-hybridized carbons (Fsp3) is 0.429. The lowest BCUT2D eigenvalue weighted by molar-refractivity contribution is 0.319. The van der Waals surface area contributed by atoms with Gasteiger partial charge in [0, 0.05) is 30.1 Å². The van der Waals surface area contributed by atoms with Gasteiger partial charge >= 0.3 is 0 Å². The van der Waals surface area contributed by atoms with E-state index in [1.54, 1.807) is 0 Å². The first-order valence-electron chi connectivity index (χ1n) is 6.77. The maximum absolute atomic E-state index is 5.95. The highest BCUT2D eigenvalue weighted by atomic mass is 79.9. The molecule has 1 fully saturated rings. The number of likely N-dealkylation sites (tertiary alicyclic amines) is 1. The summed E-state index contributed by atoms with van der Waals surface area (Å²) in [6.07, 6.45) is 2.90. The van der Waals surface area contributed by atoms with Crippen molar-refractivity contribution in [3.8, 4) is 5.69 Å². The first-order chi connectivity index (χ1) is 9.63. The van der Waals surface area contributed by atoms with Gasteiger partial charge in [-0.25, -0.2) is 4.68 Å². The van der Waals surface area contributed by atoms with Crippen molar-refractivity contribution in [3.05, 3.63) is 40.1 Å². The zero-order chi connectivity index (χ0) is 14.1. The first kappa shape index (κ1) is 13.7. The third-order valence-electron chi connectivity index (χ3n) is 3.70. The van der Waals surface area contributed by atoms with Crippen LogP contribution in [0.4, 0.5) is 0 Å². The SMILES string of the molecule is Cc1cc(-n2nncc2CN2CCC(N)C2)ccc1Br. The molecule has 0 aliphatic carbocycles. The van der Waals surface area contributed by atoms with Crippen molar-refractivity contribution in [2.24, 2.45) is 5.73 Å². The fourth-order valence-electron chi connectivity index (χ4n) is 2.58. The van der Waals surface area contributed by atoms with E-state index in [-0.39, 0.29) is 0 Å². The smallest absolute Gasteiger partial charge is 0.0786 e. The molecule has 1 unspecified atom stereocenters. The number of nitrogens with zero attached hydrogens (tertiary/aromatic N) is 4. The Labute approximate surface area is 126 Å². The van der Waals surface area contributed by atoms with Crippen LogP contribution < -0.4 is 5.73 Å². The van der Waals surface area contributed by atoms with Crippen LogP contribution in [0.3, 0.4) is 0 Å². The normalized spacial score (nSPS) is 19.6. The molecule has 20 heavy (non-hydrogen) atoms. The Morgan fingerprint density at radius 3 is 3.00 bits per heavy atom. The van der Waals surface area contributed by atoms with Gasteiger partial charge < -0.3 is 5.73 Å². The Hall–Kier alpha value is -1.24. The molecule has 1 aliphatic heterocycles. The summed E-state index contributed by atoms with van der Waals surface area (Å²) in [4.78, 5) is 2.35. The van der Waals surface area contributed by atoms with Crippen molar-refractivity contribution in [1.82, 2.24) is 19.9 Å². The average Bonchev–Trinajstić information content (AvgIpc) is 3.03. The van der Waals surface area contributed by atoms with E-state index in [2.05, 4.69) is 44.1 Å². The van der Waals surface area contributed by atoms with Crippen LogP contribution in [0.15, 0.2) is 28.9 Å². The van der Waals surface area contributed by atoms with Crippen molar-refractivity contribution in [3.63, 3.8) is 0 Å². The summed E-state index contributed by atoms with van der Waals surface area (Å²) in [5, 5.41) is 8.27. The minimum atomic E-state index is 0.300. The maximum Gasteiger partial charge on any atom is 0.0786 e. The van der Waals surface area contributed by atoms with Gasteiger partial charge in [0.05, 0.1) is 17.6 Å². The minimum Gasteiger partial charge on any atom is -0.326 e. The molecule has 0 bridgehead atoms. The second-order valence-electron chi connectivity index (χ2n) is 5.35. The number of hydrogen-bond donors (Lipinski definition) is 1. The Kier molecular flexibility index (Phi) is 3.87. The molecule has 1 saturated heterocycles. The van der Waals surface area contributed by atoms with Crippen LogP contribution in [-0.2, 0) is 6.54 Å². The first-order valence-corrected chi connectivity index (χ1v) is 7.57. The monoisotopic (exact) mass is 335 g/mol. The molecule has 1 aliphatic rings. The fourth-order valence-corrected chi connectivity index (χ4v) is 2.82. The molecule has 2 aromatic rings. The molecule has 0 spiro atoms. The summed E-state index contributed by atoms with van der Waals surface area (Å²) >= 11 is 3.52. The number of hydrogen-bond acceptors (Lipinski definition) is 4. The van der Waals surface area contributed by atoms with Crippen molar-refractivity contribution >= 4 is 15.9 Å². The van der Waals surface area contributed by atoms with Gasteiger partial charge in [0.2, 0.25) is 0 Å². The molecule has 0 saturated carbocycles. The molecule has 2 heterocycles. The Bertz CT molecular complexity index is 609. The molecule has 3 rings (SSSR count). The largest absolute Gasteiger partial charge is 0.326 e. The van der Waals surface area contributed by atoms with Crippen molar-refractivity contribution in [2.45, 2.75) is 25.9 Å². The van der Waals surface area contributed by atoms with E-state index in [1.807, 2.05) is 23.0 Å².